The minimum absolute atomic E-state index is 1.14. The number of rotatable bonds is 7. The fourth-order valence-corrected chi connectivity index (χ4v) is 2.06. The van der Waals surface area contributed by atoms with Gasteiger partial charge in [0.25, 0.3) is 0 Å². The van der Waals surface area contributed by atoms with Gasteiger partial charge in [0.15, 0.2) is 0 Å². The Balaban J connectivity index is 2.04. The van der Waals surface area contributed by atoms with Crippen molar-refractivity contribution in [1.29, 1.82) is 0 Å². The van der Waals surface area contributed by atoms with Crippen molar-refractivity contribution in [3.8, 4) is 0 Å². The van der Waals surface area contributed by atoms with Gasteiger partial charge in [0.05, 0.1) is 0 Å². The van der Waals surface area contributed by atoms with Crippen LogP contribution in [0.5, 0.6) is 0 Å². The third kappa shape index (κ3) is 5.80. The lowest BCUT2D eigenvalue weighted by atomic mass is 10.3. The highest BCUT2D eigenvalue weighted by Gasteiger charge is 2.15. The van der Waals surface area contributed by atoms with E-state index in [9.17, 15) is 0 Å². The molecule has 0 bridgehead atoms. The molecule has 0 atom stereocenters. The van der Waals surface area contributed by atoms with Gasteiger partial charge in [-0.15, -0.1) is 0 Å². The zero-order valence-corrected chi connectivity index (χ0v) is 11.2. The lowest BCUT2D eigenvalue weighted by Gasteiger charge is -2.35. The molecule has 1 aliphatic rings. The van der Waals surface area contributed by atoms with Crippen molar-refractivity contribution in [2.24, 2.45) is 0 Å². The van der Waals surface area contributed by atoms with Gasteiger partial charge in [0.2, 0.25) is 0 Å². The van der Waals surface area contributed by atoms with Crippen LogP contribution < -0.4 is 5.32 Å². The summed E-state index contributed by atoms with van der Waals surface area (Å²) in [4.78, 5) is 7.43. The Morgan fingerprint density at radius 2 is 1.56 bits per heavy atom. The van der Waals surface area contributed by atoms with Gasteiger partial charge in [-0.05, 0) is 40.7 Å². The van der Waals surface area contributed by atoms with E-state index in [1.165, 1.54) is 52.2 Å². The van der Waals surface area contributed by atoms with Gasteiger partial charge in [-0.25, -0.2) is 0 Å². The Bertz CT molecular complexity index is 164. The van der Waals surface area contributed by atoms with Gasteiger partial charge in [0.1, 0.15) is 0 Å². The molecule has 1 rings (SSSR count). The molecule has 1 aliphatic heterocycles. The first kappa shape index (κ1) is 13.9. The van der Waals surface area contributed by atoms with Gasteiger partial charge in [-0.3, -0.25) is 4.90 Å². The van der Waals surface area contributed by atoms with E-state index in [0.717, 1.165) is 6.54 Å². The Hall–Kier alpha value is -0.160. The Morgan fingerprint density at radius 1 is 1.00 bits per heavy atom. The SMILES string of the molecule is CNCCCN1CCN(CCN(C)C)CC1. The maximum absolute atomic E-state index is 3.21. The molecule has 1 N–H and O–H groups in total. The average molecular weight is 228 g/mol. The highest BCUT2D eigenvalue weighted by molar-refractivity contribution is 4.72. The van der Waals surface area contributed by atoms with Crippen molar-refractivity contribution < 1.29 is 0 Å². The summed E-state index contributed by atoms with van der Waals surface area (Å²) in [6.45, 7) is 9.77. The molecule has 1 fully saturated rings. The van der Waals surface area contributed by atoms with Gasteiger partial charge in [0, 0.05) is 39.3 Å². The molecule has 0 aromatic rings. The molecule has 1 heterocycles. The number of likely N-dealkylation sites (N-methyl/N-ethyl adjacent to an activating group) is 1. The summed E-state index contributed by atoms with van der Waals surface area (Å²) in [6.07, 6.45) is 1.27. The molecule has 0 aromatic carbocycles. The summed E-state index contributed by atoms with van der Waals surface area (Å²) >= 11 is 0. The molecule has 0 aliphatic carbocycles. The van der Waals surface area contributed by atoms with Crippen molar-refractivity contribution in [3.63, 3.8) is 0 Å². The van der Waals surface area contributed by atoms with Crippen LogP contribution in [0.2, 0.25) is 0 Å². The standard InChI is InChI=1S/C12H28N4/c1-13-5-4-6-15-9-11-16(12-10-15)8-7-14(2)3/h13H,4-12H2,1-3H3. The molecule has 0 radical (unpaired) electrons. The summed E-state index contributed by atoms with van der Waals surface area (Å²) in [7, 11) is 6.32. The molecule has 0 unspecified atom stereocenters. The minimum Gasteiger partial charge on any atom is -0.320 e. The van der Waals surface area contributed by atoms with E-state index >= 15 is 0 Å². The smallest absolute Gasteiger partial charge is 0.0110 e. The van der Waals surface area contributed by atoms with E-state index < -0.39 is 0 Å². The van der Waals surface area contributed by atoms with Crippen LogP contribution in [0, 0.1) is 0 Å². The van der Waals surface area contributed by atoms with Crippen LogP contribution in [-0.2, 0) is 0 Å². The lowest BCUT2D eigenvalue weighted by Crippen LogP contribution is -2.48. The number of hydrogen-bond donors (Lipinski definition) is 1. The first-order chi connectivity index (χ1) is 7.72. The first-order valence-electron chi connectivity index (χ1n) is 6.46. The van der Waals surface area contributed by atoms with E-state index in [1.807, 2.05) is 7.05 Å². The quantitative estimate of drug-likeness (QED) is 0.608. The van der Waals surface area contributed by atoms with E-state index in [2.05, 4.69) is 34.1 Å². The van der Waals surface area contributed by atoms with Gasteiger partial charge in [-0.2, -0.15) is 0 Å². The molecule has 16 heavy (non-hydrogen) atoms. The van der Waals surface area contributed by atoms with Crippen molar-refractivity contribution >= 4 is 0 Å². The molecule has 96 valence electrons. The topological polar surface area (TPSA) is 21.8 Å². The monoisotopic (exact) mass is 228 g/mol. The maximum atomic E-state index is 3.21. The second-order valence-corrected chi connectivity index (χ2v) is 4.94. The van der Waals surface area contributed by atoms with Crippen molar-refractivity contribution in [3.05, 3.63) is 0 Å². The molecular weight excluding hydrogens is 200 g/mol. The van der Waals surface area contributed by atoms with Gasteiger partial charge >= 0.3 is 0 Å². The van der Waals surface area contributed by atoms with E-state index in [0.29, 0.717) is 0 Å². The third-order valence-electron chi connectivity index (χ3n) is 3.23. The van der Waals surface area contributed by atoms with Crippen LogP contribution in [0.3, 0.4) is 0 Å². The summed E-state index contributed by atoms with van der Waals surface area (Å²) < 4.78 is 0. The molecule has 0 amide bonds. The van der Waals surface area contributed by atoms with Crippen LogP contribution in [0.15, 0.2) is 0 Å². The van der Waals surface area contributed by atoms with Crippen LogP contribution in [0.4, 0.5) is 0 Å². The summed E-state index contributed by atoms with van der Waals surface area (Å²) in [5.74, 6) is 0. The predicted molar refractivity (Wildman–Crippen MR) is 70.0 cm³/mol. The van der Waals surface area contributed by atoms with Crippen LogP contribution in [0.25, 0.3) is 0 Å². The van der Waals surface area contributed by atoms with Gasteiger partial charge < -0.3 is 15.1 Å². The molecule has 0 saturated carbocycles. The Labute approximate surface area is 101 Å². The zero-order chi connectivity index (χ0) is 11.8. The van der Waals surface area contributed by atoms with Crippen molar-refractivity contribution in [2.45, 2.75) is 6.42 Å². The fraction of sp³-hybridized carbons (Fsp3) is 1.00. The highest BCUT2D eigenvalue weighted by Crippen LogP contribution is 2.01. The predicted octanol–water partition coefficient (Wildman–Crippen LogP) is -0.225. The highest BCUT2D eigenvalue weighted by atomic mass is 15.3. The average Bonchev–Trinajstić information content (AvgIpc) is 2.28. The van der Waals surface area contributed by atoms with Crippen molar-refractivity contribution in [2.75, 3.05) is 73.5 Å². The fourth-order valence-electron chi connectivity index (χ4n) is 2.06. The van der Waals surface area contributed by atoms with E-state index in [4.69, 9.17) is 0 Å². The first-order valence-corrected chi connectivity index (χ1v) is 6.46. The molecule has 4 heteroatoms. The van der Waals surface area contributed by atoms with Crippen molar-refractivity contribution in [1.82, 2.24) is 20.0 Å². The second kappa shape index (κ2) is 8.01. The van der Waals surface area contributed by atoms with Gasteiger partial charge in [-0.1, -0.05) is 0 Å². The zero-order valence-electron chi connectivity index (χ0n) is 11.2. The number of nitrogens with one attached hydrogen (secondary N) is 1. The minimum atomic E-state index is 1.14. The summed E-state index contributed by atoms with van der Waals surface area (Å²) in [6, 6.07) is 0. The Kier molecular flexibility index (Phi) is 6.96. The molecule has 0 aromatic heterocycles. The van der Waals surface area contributed by atoms with E-state index in [-0.39, 0.29) is 0 Å². The largest absolute Gasteiger partial charge is 0.320 e. The maximum Gasteiger partial charge on any atom is 0.0110 e. The number of nitrogens with zero attached hydrogens (tertiary/aromatic N) is 3. The molecule has 0 spiro atoms. The van der Waals surface area contributed by atoms with Crippen LogP contribution in [0.1, 0.15) is 6.42 Å². The summed E-state index contributed by atoms with van der Waals surface area (Å²) in [5.41, 5.74) is 0. The van der Waals surface area contributed by atoms with Crippen LogP contribution in [-0.4, -0.2) is 88.2 Å². The normalized spacial score (nSPS) is 19.5. The van der Waals surface area contributed by atoms with E-state index in [1.54, 1.807) is 0 Å². The lowest BCUT2D eigenvalue weighted by molar-refractivity contribution is 0.124. The number of hydrogen-bond acceptors (Lipinski definition) is 4. The molecule has 1 saturated heterocycles. The summed E-state index contributed by atoms with van der Waals surface area (Å²) in [5, 5.41) is 3.21. The molecule has 4 nitrogen and oxygen atoms in total. The van der Waals surface area contributed by atoms with Crippen LogP contribution >= 0.6 is 0 Å². The number of piperazine rings is 1. The second-order valence-electron chi connectivity index (χ2n) is 4.94. The third-order valence-corrected chi connectivity index (χ3v) is 3.23. The molecular formula is C12H28N4. The Morgan fingerprint density at radius 3 is 2.06 bits per heavy atom.